The monoisotopic (exact) mass is 297 g/mol. The van der Waals surface area contributed by atoms with E-state index in [9.17, 15) is 5.11 Å². The van der Waals surface area contributed by atoms with Gasteiger partial charge >= 0.3 is 0 Å². The zero-order valence-corrected chi connectivity index (χ0v) is 12.4. The van der Waals surface area contributed by atoms with Crippen LogP contribution in [0.3, 0.4) is 0 Å². The molecular formula is C18H16ClNO. The van der Waals surface area contributed by atoms with Gasteiger partial charge in [-0.2, -0.15) is 0 Å². The molecule has 106 valence electrons. The summed E-state index contributed by atoms with van der Waals surface area (Å²) in [5.41, 5.74) is 2.17. The van der Waals surface area contributed by atoms with E-state index in [1.165, 1.54) is 0 Å². The van der Waals surface area contributed by atoms with Gasteiger partial charge in [-0.05, 0) is 36.8 Å². The summed E-state index contributed by atoms with van der Waals surface area (Å²) in [7, 11) is 0. The third-order valence-electron chi connectivity index (χ3n) is 3.64. The lowest BCUT2D eigenvalue weighted by atomic mass is 10.1. The second-order valence-electron chi connectivity index (χ2n) is 5.10. The summed E-state index contributed by atoms with van der Waals surface area (Å²) < 4.78 is 0. The van der Waals surface area contributed by atoms with Gasteiger partial charge in [-0.1, -0.05) is 48.0 Å². The molecule has 21 heavy (non-hydrogen) atoms. The number of phenolic OH excluding ortho intramolecular Hbond substituents is 1. The highest BCUT2D eigenvalue weighted by Gasteiger charge is 2.08. The summed E-state index contributed by atoms with van der Waals surface area (Å²) in [5, 5.41) is 16.0. The van der Waals surface area contributed by atoms with E-state index in [0.717, 1.165) is 27.0 Å². The largest absolute Gasteiger partial charge is 0.507 e. The number of rotatable bonds is 3. The maximum atomic E-state index is 9.93. The Morgan fingerprint density at radius 2 is 1.57 bits per heavy atom. The molecule has 3 aromatic carbocycles. The summed E-state index contributed by atoms with van der Waals surface area (Å²) in [6.07, 6.45) is 0. The van der Waals surface area contributed by atoms with Crippen LogP contribution in [-0.2, 0) is 0 Å². The first-order valence-electron chi connectivity index (χ1n) is 6.88. The van der Waals surface area contributed by atoms with Crippen LogP contribution in [0.15, 0.2) is 60.7 Å². The van der Waals surface area contributed by atoms with E-state index in [4.69, 9.17) is 11.6 Å². The molecule has 1 unspecified atom stereocenters. The van der Waals surface area contributed by atoms with Gasteiger partial charge in [-0.3, -0.25) is 0 Å². The number of aromatic hydroxyl groups is 1. The Bertz CT molecular complexity index is 768. The minimum atomic E-state index is 0.148. The summed E-state index contributed by atoms with van der Waals surface area (Å²) in [4.78, 5) is 0. The van der Waals surface area contributed by atoms with Crippen LogP contribution in [0.2, 0.25) is 5.02 Å². The molecule has 0 heterocycles. The predicted octanol–water partition coefficient (Wildman–Crippen LogP) is 5.37. The van der Waals surface area contributed by atoms with E-state index in [1.807, 2.05) is 54.6 Å². The van der Waals surface area contributed by atoms with Crippen LogP contribution in [-0.4, -0.2) is 5.11 Å². The number of phenols is 1. The standard InChI is InChI=1S/C18H16ClNO/c1-12(13-8-10-14(19)11-9-13)20-17-6-2-5-16-15(17)4-3-7-18(16)21/h2-12,20-21H,1H3. The van der Waals surface area contributed by atoms with Crippen LogP contribution in [0.1, 0.15) is 18.5 Å². The first kappa shape index (κ1) is 13.8. The maximum Gasteiger partial charge on any atom is 0.123 e. The number of nitrogens with one attached hydrogen (secondary N) is 1. The van der Waals surface area contributed by atoms with Crippen LogP contribution in [0.5, 0.6) is 5.75 Å². The molecule has 0 aliphatic heterocycles. The number of anilines is 1. The average molecular weight is 298 g/mol. The van der Waals surface area contributed by atoms with Crippen molar-refractivity contribution in [2.24, 2.45) is 0 Å². The fraction of sp³-hybridized carbons (Fsp3) is 0.111. The number of hydrogen-bond acceptors (Lipinski definition) is 2. The fourth-order valence-electron chi connectivity index (χ4n) is 2.49. The smallest absolute Gasteiger partial charge is 0.123 e. The summed E-state index contributed by atoms with van der Waals surface area (Å²) >= 11 is 5.92. The molecule has 0 spiro atoms. The second kappa shape index (κ2) is 5.66. The van der Waals surface area contributed by atoms with Gasteiger partial charge in [0.25, 0.3) is 0 Å². The normalized spacial score (nSPS) is 12.3. The van der Waals surface area contributed by atoms with Crippen molar-refractivity contribution >= 4 is 28.1 Å². The highest BCUT2D eigenvalue weighted by atomic mass is 35.5. The molecule has 3 aromatic rings. The van der Waals surface area contributed by atoms with Gasteiger partial charge in [0.05, 0.1) is 0 Å². The Morgan fingerprint density at radius 3 is 2.33 bits per heavy atom. The highest BCUT2D eigenvalue weighted by Crippen LogP contribution is 2.31. The van der Waals surface area contributed by atoms with Gasteiger partial charge in [0.15, 0.2) is 0 Å². The van der Waals surface area contributed by atoms with Crippen molar-refractivity contribution in [3.05, 3.63) is 71.2 Å². The molecule has 0 saturated carbocycles. The third-order valence-corrected chi connectivity index (χ3v) is 3.89. The van der Waals surface area contributed by atoms with Gasteiger partial charge in [0.2, 0.25) is 0 Å². The van der Waals surface area contributed by atoms with Crippen molar-refractivity contribution in [3.63, 3.8) is 0 Å². The summed E-state index contributed by atoms with van der Waals surface area (Å²) in [5.74, 6) is 0.301. The lowest BCUT2D eigenvalue weighted by molar-refractivity contribution is 0.481. The lowest BCUT2D eigenvalue weighted by Crippen LogP contribution is -2.06. The van der Waals surface area contributed by atoms with Crippen LogP contribution < -0.4 is 5.32 Å². The molecule has 3 rings (SSSR count). The van der Waals surface area contributed by atoms with Gasteiger partial charge in [-0.15, -0.1) is 0 Å². The van der Waals surface area contributed by atoms with Crippen molar-refractivity contribution in [1.29, 1.82) is 0 Å². The molecule has 0 radical (unpaired) electrons. The maximum absolute atomic E-state index is 9.93. The topological polar surface area (TPSA) is 32.3 Å². The molecule has 0 aliphatic carbocycles. The molecule has 0 fully saturated rings. The Labute approximate surface area is 129 Å². The van der Waals surface area contributed by atoms with Gasteiger partial charge < -0.3 is 10.4 Å². The first-order chi connectivity index (χ1) is 10.1. The molecule has 3 heteroatoms. The molecule has 1 atom stereocenters. The molecule has 2 nitrogen and oxygen atoms in total. The van der Waals surface area contributed by atoms with E-state index in [2.05, 4.69) is 12.2 Å². The molecular weight excluding hydrogens is 282 g/mol. The second-order valence-corrected chi connectivity index (χ2v) is 5.53. The molecule has 0 saturated heterocycles. The fourth-order valence-corrected chi connectivity index (χ4v) is 2.61. The molecule has 2 N–H and O–H groups in total. The van der Waals surface area contributed by atoms with Crippen LogP contribution in [0.25, 0.3) is 10.8 Å². The minimum absolute atomic E-state index is 0.148. The molecule has 0 aliphatic rings. The molecule has 0 aromatic heterocycles. The van der Waals surface area contributed by atoms with Gasteiger partial charge in [-0.25, -0.2) is 0 Å². The van der Waals surface area contributed by atoms with Crippen molar-refractivity contribution in [2.75, 3.05) is 5.32 Å². The molecule has 0 bridgehead atoms. The van der Waals surface area contributed by atoms with Gasteiger partial charge in [0.1, 0.15) is 5.75 Å². The summed E-state index contributed by atoms with van der Waals surface area (Å²) in [6, 6.07) is 19.4. The van der Waals surface area contributed by atoms with Crippen molar-refractivity contribution < 1.29 is 5.11 Å². The van der Waals surface area contributed by atoms with Crippen LogP contribution >= 0.6 is 11.6 Å². The lowest BCUT2D eigenvalue weighted by Gasteiger charge is -2.17. The summed E-state index contributed by atoms with van der Waals surface area (Å²) in [6.45, 7) is 2.10. The third kappa shape index (κ3) is 2.81. The van der Waals surface area contributed by atoms with Crippen molar-refractivity contribution in [1.82, 2.24) is 0 Å². The van der Waals surface area contributed by atoms with E-state index in [1.54, 1.807) is 6.07 Å². The number of halogens is 1. The average Bonchev–Trinajstić information content (AvgIpc) is 2.49. The quantitative estimate of drug-likeness (QED) is 0.681. The van der Waals surface area contributed by atoms with E-state index >= 15 is 0 Å². The zero-order valence-electron chi connectivity index (χ0n) is 11.7. The molecule has 0 amide bonds. The number of hydrogen-bond donors (Lipinski definition) is 2. The van der Waals surface area contributed by atoms with Crippen LogP contribution in [0.4, 0.5) is 5.69 Å². The van der Waals surface area contributed by atoms with E-state index < -0.39 is 0 Å². The zero-order chi connectivity index (χ0) is 14.8. The Kier molecular flexibility index (Phi) is 3.72. The Balaban J connectivity index is 1.94. The first-order valence-corrected chi connectivity index (χ1v) is 7.25. The number of benzene rings is 3. The Hall–Kier alpha value is -2.19. The number of fused-ring (bicyclic) bond motifs is 1. The predicted molar refractivity (Wildman–Crippen MR) is 89.1 cm³/mol. The van der Waals surface area contributed by atoms with Crippen LogP contribution in [0, 0.1) is 0 Å². The van der Waals surface area contributed by atoms with Crippen molar-refractivity contribution in [3.8, 4) is 5.75 Å². The minimum Gasteiger partial charge on any atom is -0.507 e. The van der Waals surface area contributed by atoms with Gasteiger partial charge in [0, 0.05) is 27.5 Å². The van der Waals surface area contributed by atoms with E-state index in [-0.39, 0.29) is 6.04 Å². The Morgan fingerprint density at radius 1 is 0.905 bits per heavy atom. The SMILES string of the molecule is CC(Nc1cccc2c(O)cccc12)c1ccc(Cl)cc1. The van der Waals surface area contributed by atoms with Crippen molar-refractivity contribution in [2.45, 2.75) is 13.0 Å². The van der Waals surface area contributed by atoms with E-state index in [0.29, 0.717) is 5.75 Å². The highest BCUT2D eigenvalue weighted by molar-refractivity contribution is 6.30.